The molecule has 24 heavy (non-hydrogen) atoms. The number of ether oxygens (including phenoxy) is 2. The van der Waals surface area contributed by atoms with Gasteiger partial charge in [-0.2, -0.15) is 0 Å². The van der Waals surface area contributed by atoms with Gasteiger partial charge in [0, 0.05) is 13.1 Å². The maximum absolute atomic E-state index is 11.4. The second-order valence-corrected chi connectivity index (χ2v) is 4.51. The highest BCUT2D eigenvalue weighted by Gasteiger charge is 2.06. The lowest BCUT2D eigenvalue weighted by Crippen LogP contribution is -2.36. The molecular formula is C13H24N4O7. The summed E-state index contributed by atoms with van der Waals surface area (Å²) >= 11 is 0. The van der Waals surface area contributed by atoms with Crippen LogP contribution >= 0.6 is 0 Å². The van der Waals surface area contributed by atoms with Crippen molar-refractivity contribution in [3.05, 3.63) is 0 Å². The number of carbonyl (C=O) groups excluding carboxylic acids is 3. The second kappa shape index (κ2) is 14.4. The van der Waals surface area contributed by atoms with Gasteiger partial charge in [0.15, 0.2) is 0 Å². The van der Waals surface area contributed by atoms with Crippen LogP contribution in [0, 0.1) is 0 Å². The van der Waals surface area contributed by atoms with Gasteiger partial charge in [0.2, 0.25) is 17.7 Å². The standard InChI is InChI=1S/C13H24N4O7/c1-14-9-17-12(20)8-24-5-3-16-11(19)7-23-4-2-15-10(18)6-13(21)22/h14H,2-9H2,1H3,(H,15,18)(H,16,19)(H,17,20)(H,21,22). The zero-order valence-electron chi connectivity index (χ0n) is 13.6. The first-order chi connectivity index (χ1) is 11.5. The van der Waals surface area contributed by atoms with Crippen molar-refractivity contribution in [2.75, 3.05) is 53.2 Å². The normalized spacial score (nSPS) is 10.0. The molecule has 0 spiro atoms. The van der Waals surface area contributed by atoms with Gasteiger partial charge in [-0.15, -0.1) is 0 Å². The maximum atomic E-state index is 11.4. The number of aliphatic carboxylic acids is 1. The van der Waals surface area contributed by atoms with Crippen molar-refractivity contribution < 1.29 is 33.8 Å². The number of hydrogen-bond acceptors (Lipinski definition) is 7. The molecule has 0 heterocycles. The summed E-state index contributed by atoms with van der Waals surface area (Å²) in [6, 6.07) is 0. The molecular weight excluding hydrogens is 324 g/mol. The Labute approximate surface area is 139 Å². The molecule has 0 aliphatic rings. The molecule has 0 fully saturated rings. The van der Waals surface area contributed by atoms with Crippen molar-refractivity contribution in [2.24, 2.45) is 0 Å². The molecule has 0 unspecified atom stereocenters. The fourth-order valence-electron chi connectivity index (χ4n) is 1.34. The van der Waals surface area contributed by atoms with Gasteiger partial charge in [0.05, 0.1) is 19.9 Å². The Balaban J connectivity index is 3.43. The smallest absolute Gasteiger partial charge is 0.312 e. The van der Waals surface area contributed by atoms with E-state index >= 15 is 0 Å². The summed E-state index contributed by atoms with van der Waals surface area (Å²) in [5.41, 5.74) is 0. The van der Waals surface area contributed by atoms with Crippen LogP contribution in [-0.4, -0.2) is 82.0 Å². The molecule has 11 heteroatoms. The molecule has 0 saturated carbocycles. The molecule has 0 bridgehead atoms. The lowest BCUT2D eigenvalue weighted by atomic mass is 10.4. The van der Waals surface area contributed by atoms with E-state index < -0.39 is 18.3 Å². The van der Waals surface area contributed by atoms with E-state index in [1.54, 1.807) is 7.05 Å². The van der Waals surface area contributed by atoms with E-state index in [1.807, 2.05) is 0 Å². The van der Waals surface area contributed by atoms with Crippen molar-refractivity contribution in [1.82, 2.24) is 21.3 Å². The largest absolute Gasteiger partial charge is 0.481 e. The molecule has 0 aliphatic carbocycles. The summed E-state index contributed by atoms with van der Waals surface area (Å²) in [7, 11) is 1.70. The molecule has 0 aromatic carbocycles. The minimum atomic E-state index is -1.21. The third-order valence-electron chi connectivity index (χ3n) is 2.38. The SMILES string of the molecule is CNCNC(=O)COCCNC(=O)COCCNC(=O)CC(=O)O. The number of nitrogens with one attached hydrogen (secondary N) is 4. The summed E-state index contributed by atoms with van der Waals surface area (Å²) in [6.45, 7) is 0.681. The van der Waals surface area contributed by atoms with Crippen molar-refractivity contribution in [2.45, 2.75) is 6.42 Å². The topological polar surface area (TPSA) is 155 Å². The summed E-state index contributed by atoms with van der Waals surface area (Å²) in [6.07, 6.45) is -0.604. The highest BCUT2D eigenvalue weighted by Crippen LogP contribution is 1.80. The van der Waals surface area contributed by atoms with Crippen LogP contribution in [0.1, 0.15) is 6.42 Å². The number of carboxylic acid groups (broad SMARTS) is 1. The average Bonchev–Trinajstić information content (AvgIpc) is 2.51. The van der Waals surface area contributed by atoms with Gasteiger partial charge >= 0.3 is 5.97 Å². The fourth-order valence-corrected chi connectivity index (χ4v) is 1.34. The van der Waals surface area contributed by atoms with E-state index in [1.165, 1.54) is 0 Å². The monoisotopic (exact) mass is 348 g/mol. The maximum Gasteiger partial charge on any atom is 0.312 e. The van der Waals surface area contributed by atoms with Crippen LogP contribution in [0.25, 0.3) is 0 Å². The van der Waals surface area contributed by atoms with Crippen molar-refractivity contribution in [3.63, 3.8) is 0 Å². The van der Waals surface area contributed by atoms with E-state index in [2.05, 4.69) is 21.3 Å². The van der Waals surface area contributed by atoms with Gasteiger partial charge in [-0.25, -0.2) is 0 Å². The summed E-state index contributed by atoms with van der Waals surface area (Å²) < 4.78 is 10.1. The van der Waals surface area contributed by atoms with Crippen LogP contribution in [0.15, 0.2) is 0 Å². The summed E-state index contributed by atoms with van der Waals surface area (Å²) in [5.74, 6) is -2.46. The molecule has 0 aliphatic heterocycles. The van der Waals surface area contributed by atoms with Gasteiger partial charge in [-0.05, 0) is 7.05 Å². The van der Waals surface area contributed by atoms with Crippen LogP contribution in [-0.2, 0) is 28.7 Å². The van der Waals surface area contributed by atoms with Gasteiger partial charge in [0.1, 0.15) is 19.6 Å². The third-order valence-corrected chi connectivity index (χ3v) is 2.38. The molecule has 11 nitrogen and oxygen atoms in total. The Morgan fingerprint density at radius 3 is 1.83 bits per heavy atom. The van der Waals surface area contributed by atoms with E-state index in [0.29, 0.717) is 6.67 Å². The zero-order valence-corrected chi connectivity index (χ0v) is 13.6. The number of carbonyl (C=O) groups is 4. The minimum Gasteiger partial charge on any atom is -0.481 e. The van der Waals surface area contributed by atoms with Crippen LogP contribution in [0.3, 0.4) is 0 Å². The highest BCUT2D eigenvalue weighted by atomic mass is 16.5. The predicted octanol–water partition coefficient (Wildman–Crippen LogP) is -2.98. The molecule has 0 saturated heterocycles. The van der Waals surface area contributed by atoms with Gasteiger partial charge in [-0.1, -0.05) is 0 Å². The quantitative estimate of drug-likeness (QED) is 0.126. The van der Waals surface area contributed by atoms with E-state index in [4.69, 9.17) is 14.6 Å². The minimum absolute atomic E-state index is 0.0842. The number of hydrogen-bond donors (Lipinski definition) is 5. The summed E-state index contributed by atoms with van der Waals surface area (Å²) in [4.78, 5) is 43.8. The molecule has 5 N–H and O–H groups in total. The molecule has 138 valence electrons. The first-order valence-corrected chi connectivity index (χ1v) is 7.27. The highest BCUT2D eigenvalue weighted by molar-refractivity contribution is 5.93. The molecule has 0 aromatic rings. The molecule has 3 amide bonds. The van der Waals surface area contributed by atoms with Gasteiger partial charge in [0.25, 0.3) is 0 Å². The fraction of sp³-hybridized carbons (Fsp3) is 0.692. The Morgan fingerprint density at radius 2 is 1.33 bits per heavy atom. The Hall–Kier alpha value is -2.24. The molecule has 0 rings (SSSR count). The lowest BCUT2D eigenvalue weighted by molar-refractivity contribution is -0.140. The summed E-state index contributed by atoms with van der Waals surface area (Å²) in [5, 5.41) is 18.5. The number of rotatable bonds is 14. The van der Waals surface area contributed by atoms with Crippen molar-refractivity contribution in [3.8, 4) is 0 Å². The van der Waals surface area contributed by atoms with E-state index in [0.717, 1.165) is 0 Å². The predicted molar refractivity (Wildman–Crippen MR) is 82.0 cm³/mol. The van der Waals surface area contributed by atoms with Crippen LogP contribution in [0.5, 0.6) is 0 Å². The van der Waals surface area contributed by atoms with Gasteiger partial charge < -0.3 is 35.8 Å². The van der Waals surface area contributed by atoms with Crippen LogP contribution in [0.4, 0.5) is 0 Å². The van der Waals surface area contributed by atoms with Gasteiger partial charge in [-0.3, -0.25) is 19.2 Å². The number of carboxylic acids is 1. The molecule has 0 radical (unpaired) electrons. The van der Waals surface area contributed by atoms with E-state index in [-0.39, 0.29) is 51.3 Å². The van der Waals surface area contributed by atoms with Crippen LogP contribution < -0.4 is 21.3 Å². The first kappa shape index (κ1) is 21.8. The lowest BCUT2D eigenvalue weighted by Gasteiger charge is -2.08. The zero-order chi connectivity index (χ0) is 18.2. The Morgan fingerprint density at radius 1 is 0.833 bits per heavy atom. The number of amides is 3. The molecule has 0 aromatic heterocycles. The Bertz CT molecular complexity index is 417. The van der Waals surface area contributed by atoms with Crippen LogP contribution in [0.2, 0.25) is 0 Å². The second-order valence-electron chi connectivity index (χ2n) is 4.51. The molecule has 0 atom stereocenters. The average molecular weight is 348 g/mol. The van der Waals surface area contributed by atoms with Crippen molar-refractivity contribution >= 4 is 23.7 Å². The third kappa shape index (κ3) is 14.7. The van der Waals surface area contributed by atoms with Crippen molar-refractivity contribution in [1.29, 1.82) is 0 Å². The Kier molecular flexibility index (Phi) is 13.0. The van der Waals surface area contributed by atoms with E-state index in [9.17, 15) is 19.2 Å². The first-order valence-electron chi connectivity index (χ1n) is 7.27.